The Morgan fingerprint density at radius 2 is 1.80 bits per heavy atom. The van der Waals surface area contributed by atoms with Crippen molar-refractivity contribution in [2.45, 2.75) is 33.6 Å². The Bertz CT molecular complexity index is 602. The molecule has 3 N–H and O–H groups in total. The van der Waals surface area contributed by atoms with E-state index in [-0.39, 0.29) is 0 Å². The molecular weight excluding hydrogens is 316 g/mol. The highest BCUT2D eigenvalue weighted by Crippen LogP contribution is 2.26. The van der Waals surface area contributed by atoms with Gasteiger partial charge in [-0.05, 0) is 43.5 Å². The zero-order valence-corrected chi connectivity index (χ0v) is 13.6. The fourth-order valence-corrected chi connectivity index (χ4v) is 2.31. The fraction of sp³-hybridized carbons (Fsp3) is 0.333. The van der Waals surface area contributed by atoms with Crippen LogP contribution in [0.4, 0.5) is 17.3 Å². The third-order valence-electron chi connectivity index (χ3n) is 2.97. The van der Waals surface area contributed by atoms with Crippen molar-refractivity contribution in [1.82, 2.24) is 9.97 Å². The summed E-state index contributed by atoms with van der Waals surface area (Å²) in [4.78, 5) is 8.72. The summed E-state index contributed by atoms with van der Waals surface area (Å²) in [5, 5.41) is 3.30. The van der Waals surface area contributed by atoms with Crippen LogP contribution < -0.4 is 11.1 Å². The summed E-state index contributed by atoms with van der Waals surface area (Å²) in [6.07, 6.45) is 1.83. The van der Waals surface area contributed by atoms with Crippen molar-refractivity contribution in [3.8, 4) is 0 Å². The van der Waals surface area contributed by atoms with Crippen molar-refractivity contribution in [1.29, 1.82) is 0 Å². The number of nitrogens with two attached hydrogens (primary N) is 1. The second-order valence-corrected chi connectivity index (χ2v) is 5.69. The van der Waals surface area contributed by atoms with Crippen molar-refractivity contribution < 1.29 is 0 Å². The summed E-state index contributed by atoms with van der Waals surface area (Å²) in [7, 11) is 0. The Morgan fingerprint density at radius 3 is 2.40 bits per heavy atom. The van der Waals surface area contributed by atoms with Gasteiger partial charge in [0.25, 0.3) is 0 Å². The number of aryl methyl sites for hydroxylation is 3. The molecule has 2 aromatic rings. The molecule has 4 nitrogen and oxygen atoms in total. The molecule has 106 valence electrons. The van der Waals surface area contributed by atoms with E-state index in [0.29, 0.717) is 5.82 Å². The Morgan fingerprint density at radius 1 is 1.15 bits per heavy atom. The van der Waals surface area contributed by atoms with Gasteiger partial charge in [0, 0.05) is 22.6 Å². The smallest absolute Gasteiger partial charge is 0.136 e. The summed E-state index contributed by atoms with van der Waals surface area (Å²) in [5.74, 6) is 2.01. The van der Waals surface area contributed by atoms with E-state index in [4.69, 9.17) is 5.73 Å². The van der Waals surface area contributed by atoms with E-state index >= 15 is 0 Å². The van der Waals surface area contributed by atoms with Crippen LogP contribution >= 0.6 is 15.9 Å². The predicted molar refractivity (Wildman–Crippen MR) is 87.3 cm³/mol. The lowest BCUT2D eigenvalue weighted by Gasteiger charge is -2.11. The van der Waals surface area contributed by atoms with Crippen molar-refractivity contribution in [3.05, 3.63) is 39.6 Å². The quantitative estimate of drug-likeness (QED) is 0.882. The molecule has 2 rings (SSSR count). The minimum atomic E-state index is 0.497. The normalized spacial score (nSPS) is 10.6. The van der Waals surface area contributed by atoms with Gasteiger partial charge in [-0.3, -0.25) is 0 Å². The van der Waals surface area contributed by atoms with E-state index in [1.54, 1.807) is 6.07 Å². The fourth-order valence-electron chi connectivity index (χ4n) is 2.08. The minimum Gasteiger partial charge on any atom is -0.384 e. The number of hydrogen-bond donors (Lipinski definition) is 2. The van der Waals surface area contributed by atoms with E-state index in [2.05, 4.69) is 64.1 Å². The van der Waals surface area contributed by atoms with E-state index in [1.807, 2.05) is 0 Å². The molecular formula is C15H19BrN4. The third-order valence-corrected chi connectivity index (χ3v) is 4.23. The minimum absolute atomic E-state index is 0.497. The molecule has 0 radical (unpaired) electrons. The van der Waals surface area contributed by atoms with Gasteiger partial charge in [-0.2, -0.15) is 0 Å². The van der Waals surface area contributed by atoms with Crippen LogP contribution in [0.25, 0.3) is 0 Å². The maximum atomic E-state index is 5.83. The van der Waals surface area contributed by atoms with Gasteiger partial charge in [-0.15, -0.1) is 0 Å². The molecule has 0 saturated carbocycles. The number of aromatic nitrogens is 2. The average molecular weight is 335 g/mol. The van der Waals surface area contributed by atoms with E-state index in [9.17, 15) is 0 Å². The zero-order chi connectivity index (χ0) is 14.7. The van der Waals surface area contributed by atoms with Crippen LogP contribution in [0.2, 0.25) is 0 Å². The highest BCUT2D eigenvalue weighted by Gasteiger charge is 2.06. The number of benzene rings is 1. The first-order chi connectivity index (χ1) is 9.49. The van der Waals surface area contributed by atoms with Gasteiger partial charge in [0.05, 0.1) is 0 Å². The van der Waals surface area contributed by atoms with Gasteiger partial charge in [0.15, 0.2) is 0 Å². The third kappa shape index (κ3) is 3.48. The molecule has 0 bridgehead atoms. The first-order valence-electron chi connectivity index (χ1n) is 6.66. The lowest BCUT2D eigenvalue weighted by molar-refractivity contribution is 0.839. The standard InChI is InChI=1S/C15H19BrN4/c1-4-5-13-19-12(17)8-14(20-13)18-11-6-9(2)15(16)10(3)7-11/h6-8H,4-5H2,1-3H3,(H3,17,18,19,20). The number of nitrogens with zero attached hydrogens (tertiary/aromatic N) is 2. The number of nitrogen functional groups attached to an aromatic ring is 1. The Kier molecular flexibility index (Phi) is 4.60. The Hall–Kier alpha value is -1.62. The summed E-state index contributed by atoms with van der Waals surface area (Å²) in [6, 6.07) is 5.91. The first kappa shape index (κ1) is 14.8. The summed E-state index contributed by atoms with van der Waals surface area (Å²) < 4.78 is 1.14. The van der Waals surface area contributed by atoms with Crippen LogP contribution in [-0.2, 0) is 6.42 Å². The summed E-state index contributed by atoms with van der Waals surface area (Å²) >= 11 is 3.57. The number of nitrogens with one attached hydrogen (secondary N) is 1. The number of hydrogen-bond acceptors (Lipinski definition) is 4. The highest BCUT2D eigenvalue weighted by atomic mass is 79.9. The van der Waals surface area contributed by atoms with Gasteiger partial charge in [0.1, 0.15) is 17.5 Å². The lowest BCUT2D eigenvalue weighted by Crippen LogP contribution is -2.03. The van der Waals surface area contributed by atoms with Gasteiger partial charge < -0.3 is 11.1 Å². The van der Waals surface area contributed by atoms with Crippen LogP contribution in [0.15, 0.2) is 22.7 Å². The number of halogens is 1. The van der Waals surface area contributed by atoms with Crippen LogP contribution in [0.3, 0.4) is 0 Å². The average Bonchev–Trinajstić information content (AvgIpc) is 2.35. The molecule has 1 heterocycles. The molecule has 0 aliphatic carbocycles. The maximum absolute atomic E-state index is 5.83. The summed E-state index contributed by atoms with van der Waals surface area (Å²) in [5.41, 5.74) is 9.20. The molecule has 0 saturated heterocycles. The van der Waals surface area contributed by atoms with Crippen molar-refractivity contribution in [3.63, 3.8) is 0 Å². The van der Waals surface area contributed by atoms with Crippen LogP contribution in [0.5, 0.6) is 0 Å². The van der Waals surface area contributed by atoms with Crippen molar-refractivity contribution in [2.24, 2.45) is 0 Å². The van der Waals surface area contributed by atoms with Crippen LogP contribution in [0.1, 0.15) is 30.3 Å². The molecule has 5 heteroatoms. The molecule has 0 fully saturated rings. The van der Waals surface area contributed by atoms with Gasteiger partial charge >= 0.3 is 0 Å². The molecule has 0 unspecified atom stereocenters. The van der Waals surface area contributed by atoms with Crippen molar-refractivity contribution >= 4 is 33.3 Å². The van der Waals surface area contributed by atoms with E-state index < -0.39 is 0 Å². The van der Waals surface area contributed by atoms with Gasteiger partial charge in [0.2, 0.25) is 0 Å². The number of anilines is 3. The largest absolute Gasteiger partial charge is 0.384 e. The molecule has 0 aliphatic rings. The van der Waals surface area contributed by atoms with Gasteiger partial charge in [-0.1, -0.05) is 22.9 Å². The molecule has 0 amide bonds. The highest BCUT2D eigenvalue weighted by molar-refractivity contribution is 9.10. The molecule has 1 aromatic carbocycles. The molecule has 0 spiro atoms. The monoisotopic (exact) mass is 334 g/mol. The lowest BCUT2D eigenvalue weighted by atomic mass is 10.1. The zero-order valence-electron chi connectivity index (χ0n) is 12.0. The second-order valence-electron chi connectivity index (χ2n) is 4.89. The molecule has 1 aromatic heterocycles. The van der Waals surface area contributed by atoms with Crippen molar-refractivity contribution in [2.75, 3.05) is 11.1 Å². The van der Waals surface area contributed by atoms with Crippen LogP contribution in [0, 0.1) is 13.8 Å². The predicted octanol–water partition coefficient (Wildman–Crippen LogP) is 4.13. The van der Waals surface area contributed by atoms with Gasteiger partial charge in [-0.25, -0.2) is 9.97 Å². The first-order valence-corrected chi connectivity index (χ1v) is 7.46. The maximum Gasteiger partial charge on any atom is 0.136 e. The number of rotatable bonds is 4. The topological polar surface area (TPSA) is 63.8 Å². The Labute approximate surface area is 128 Å². The summed E-state index contributed by atoms with van der Waals surface area (Å²) in [6.45, 7) is 6.24. The SMILES string of the molecule is CCCc1nc(N)cc(Nc2cc(C)c(Br)c(C)c2)n1. The molecule has 0 atom stereocenters. The van der Waals surface area contributed by atoms with E-state index in [1.165, 1.54) is 11.1 Å². The Balaban J connectivity index is 2.30. The molecule has 0 aliphatic heterocycles. The molecule has 20 heavy (non-hydrogen) atoms. The van der Waals surface area contributed by atoms with E-state index in [0.717, 1.165) is 34.6 Å². The van der Waals surface area contributed by atoms with Crippen LogP contribution in [-0.4, -0.2) is 9.97 Å². The second kappa shape index (κ2) is 6.22.